The quantitative estimate of drug-likeness (QED) is 0.765. The second-order valence-electron chi connectivity index (χ2n) is 6.94. The molecule has 1 aromatic rings. The largest absolute Gasteiger partial charge is 0.341 e. The van der Waals surface area contributed by atoms with Gasteiger partial charge in [0.2, 0.25) is 5.91 Å². The zero-order valence-corrected chi connectivity index (χ0v) is 15.6. The fourth-order valence-corrected chi connectivity index (χ4v) is 3.73. The number of aryl methyl sites for hydroxylation is 1. The highest BCUT2D eigenvalue weighted by molar-refractivity contribution is 5.92. The van der Waals surface area contributed by atoms with Gasteiger partial charge in [-0.3, -0.25) is 4.79 Å². The summed E-state index contributed by atoms with van der Waals surface area (Å²) in [5, 5.41) is 8.98. The molecule has 138 valence electrons. The van der Waals surface area contributed by atoms with Crippen LogP contribution in [0.1, 0.15) is 31.2 Å². The number of fused-ring (bicyclic) bond motifs is 2. The standard InChI is InChI=1S/C18H26N4O2.ClH/c1-12-4-3-5-13(8-12)21-18(24)19-11-17(23)22(2)16-9-14-6-7-15(10-16)20-14;/h3-5,8,14-16,20H,6-7,9-11H2,1-2H3,(H2,19,21,24);1H. The molecule has 3 N–H and O–H groups in total. The molecule has 2 saturated heterocycles. The fraction of sp³-hybridized carbons (Fsp3) is 0.556. The van der Waals surface area contributed by atoms with Crippen molar-refractivity contribution in [2.75, 3.05) is 18.9 Å². The Bertz CT molecular complexity index is 613. The molecule has 0 saturated carbocycles. The van der Waals surface area contributed by atoms with Crippen LogP contribution in [-0.2, 0) is 4.79 Å². The highest BCUT2D eigenvalue weighted by Crippen LogP contribution is 2.29. The van der Waals surface area contributed by atoms with Crippen LogP contribution in [0, 0.1) is 6.92 Å². The Balaban J connectivity index is 0.00000225. The van der Waals surface area contributed by atoms with E-state index in [-0.39, 0.29) is 36.9 Å². The van der Waals surface area contributed by atoms with Crippen molar-refractivity contribution >= 4 is 30.0 Å². The zero-order valence-electron chi connectivity index (χ0n) is 14.7. The average Bonchev–Trinajstić information content (AvgIpc) is 2.90. The van der Waals surface area contributed by atoms with Gasteiger partial charge in [-0.1, -0.05) is 12.1 Å². The van der Waals surface area contributed by atoms with Gasteiger partial charge in [-0.25, -0.2) is 4.79 Å². The number of carbonyl (C=O) groups is 2. The van der Waals surface area contributed by atoms with Gasteiger partial charge >= 0.3 is 6.03 Å². The van der Waals surface area contributed by atoms with Crippen LogP contribution in [0.3, 0.4) is 0 Å². The van der Waals surface area contributed by atoms with E-state index in [0.29, 0.717) is 12.1 Å². The Hall–Kier alpha value is -1.79. The first kappa shape index (κ1) is 19.5. The monoisotopic (exact) mass is 366 g/mol. The molecule has 2 atom stereocenters. The number of benzene rings is 1. The van der Waals surface area contributed by atoms with Crippen LogP contribution in [0.2, 0.25) is 0 Å². The van der Waals surface area contributed by atoms with Gasteiger partial charge in [-0.05, 0) is 50.3 Å². The molecule has 2 unspecified atom stereocenters. The number of likely N-dealkylation sites (N-methyl/N-ethyl adjacent to an activating group) is 1. The van der Waals surface area contributed by atoms with Gasteiger partial charge in [-0.2, -0.15) is 0 Å². The van der Waals surface area contributed by atoms with E-state index in [2.05, 4.69) is 16.0 Å². The molecule has 2 heterocycles. The molecule has 25 heavy (non-hydrogen) atoms. The first-order chi connectivity index (χ1) is 11.5. The Morgan fingerprint density at radius 1 is 1.24 bits per heavy atom. The van der Waals surface area contributed by atoms with Crippen LogP contribution >= 0.6 is 12.4 Å². The van der Waals surface area contributed by atoms with E-state index in [0.717, 1.165) is 24.1 Å². The summed E-state index contributed by atoms with van der Waals surface area (Å²) in [6.07, 6.45) is 4.43. The maximum Gasteiger partial charge on any atom is 0.319 e. The minimum Gasteiger partial charge on any atom is -0.341 e. The number of amides is 3. The second-order valence-corrected chi connectivity index (χ2v) is 6.94. The van der Waals surface area contributed by atoms with E-state index in [1.54, 1.807) is 4.90 Å². The number of hydrogen-bond donors (Lipinski definition) is 3. The van der Waals surface area contributed by atoms with Crippen molar-refractivity contribution in [2.45, 2.75) is 50.7 Å². The Kier molecular flexibility index (Phi) is 6.67. The lowest BCUT2D eigenvalue weighted by Gasteiger charge is -2.35. The van der Waals surface area contributed by atoms with Crippen LogP contribution in [0.4, 0.5) is 10.5 Å². The lowest BCUT2D eigenvalue weighted by molar-refractivity contribution is -0.131. The topological polar surface area (TPSA) is 73.5 Å². The van der Waals surface area contributed by atoms with E-state index in [1.165, 1.54) is 12.8 Å². The number of anilines is 1. The molecule has 0 aromatic heterocycles. The number of halogens is 1. The van der Waals surface area contributed by atoms with Crippen LogP contribution < -0.4 is 16.0 Å². The van der Waals surface area contributed by atoms with Crippen molar-refractivity contribution in [2.24, 2.45) is 0 Å². The summed E-state index contributed by atoms with van der Waals surface area (Å²) < 4.78 is 0. The number of piperidine rings is 1. The lowest BCUT2D eigenvalue weighted by atomic mass is 9.98. The SMILES string of the molecule is Cc1cccc(NC(=O)NCC(=O)N(C)C2CC3CCC(C2)N3)c1.Cl. The molecule has 2 aliphatic heterocycles. The number of carbonyl (C=O) groups excluding carboxylic acids is 2. The molecular weight excluding hydrogens is 340 g/mol. The molecule has 1 aromatic carbocycles. The number of urea groups is 1. The minimum absolute atomic E-state index is 0. The van der Waals surface area contributed by atoms with Gasteiger partial charge in [-0.15, -0.1) is 12.4 Å². The molecular formula is C18H27ClN4O2. The second kappa shape index (κ2) is 8.54. The molecule has 7 heteroatoms. The van der Waals surface area contributed by atoms with E-state index < -0.39 is 0 Å². The highest BCUT2D eigenvalue weighted by atomic mass is 35.5. The molecule has 2 fully saturated rings. The molecule has 0 aliphatic carbocycles. The van der Waals surface area contributed by atoms with Crippen molar-refractivity contribution in [3.8, 4) is 0 Å². The highest BCUT2D eigenvalue weighted by Gasteiger charge is 2.36. The molecule has 0 radical (unpaired) electrons. The van der Waals surface area contributed by atoms with Crippen LogP contribution in [0.15, 0.2) is 24.3 Å². The number of rotatable bonds is 4. The Morgan fingerprint density at radius 2 is 1.92 bits per heavy atom. The Labute approximate surface area is 155 Å². The third kappa shape index (κ3) is 5.09. The lowest BCUT2D eigenvalue weighted by Crippen LogP contribution is -2.51. The first-order valence-electron chi connectivity index (χ1n) is 8.64. The number of hydrogen-bond acceptors (Lipinski definition) is 3. The third-order valence-electron chi connectivity index (χ3n) is 5.07. The van der Waals surface area contributed by atoms with E-state index in [9.17, 15) is 9.59 Å². The zero-order chi connectivity index (χ0) is 17.1. The molecule has 0 spiro atoms. The maximum atomic E-state index is 12.4. The predicted octanol–water partition coefficient (Wildman–Crippen LogP) is 2.28. The number of nitrogens with one attached hydrogen (secondary N) is 3. The van der Waals surface area contributed by atoms with Crippen molar-refractivity contribution in [1.29, 1.82) is 0 Å². The van der Waals surface area contributed by atoms with Gasteiger partial charge < -0.3 is 20.9 Å². The summed E-state index contributed by atoms with van der Waals surface area (Å²) in [4.78, 5) is 26.1. The predicted molar refractivity (Wildman–Crippen MR) is 101 cm³/mol. The van der Waals surface area contributed by atoms with Crippen LogP contribution in [0.25, 0.3) is 0 Å². The number of nitrogens with zero attached hydrogens (tertiary/aromatic N) is 1. The summed E-state index contributed by atoms with van der Waals surface area (Å²) >= 11 is 0. The van der Waals surface area contributed by atoms with Crippen LogP contribution in [-0.4, -0.2) is 48.6 Å². The smallest absolute Gasteiger partial charge is 0.319 e. The molecule has 2 aliphatic rings. The summed E-state index contributed by atoms with van der Waals surface area (Å²) in [6, 6.07) is 8.57. The van der Waals surface area contributed by atoms with E-state index >= 15 is 0 Å². The summed E-state index contributed by atoms with van der Waals surface area (Å²) in [6.45, 7) is 1.99. The molecule has 3 rings (SSSR count). The van der Waals surface area contributed by atoms with Gasteiger partial charge in [0, 0.05) is 30.9 Å². The van der Waals surface area contributed by atoms with E-state index in [1.807, 2.05) is 38.2 Å². The summed E-state index contributed by atoms with van der Waals surface area (Å²) in [5.74, 6) is -0.0410. The van der Waals surface area contributed by atoms with Crippen molar-refractivity contribution in [3.63, 3.8) is 0 Å². The van der Waals surface area contributed by atoms with Gasteiger partial charge in [0.15, 0.2) is 0 Å². The maximum absolute atomic E-state index is 12.4. The normalized spacial score (nSPS) is 24.2. The van der Waals surface area contributed by atoms with Crippen molar-refractivity contribution in [3.05, 3.63) is 29.8 Å². The Morgan fingerprint density at radius 3 is 2.56 bits per heavy atom. The summed E-state index contributed by atoms with van der Waals surface area (Å²) in [5.41, 5.74) is 1.80. The first-order valence-corrected chi connectivity index (χ1v) is 8.64. The van der Waals surface area contributed by atoms with Gasteiger partial charge in [0.25, 0.3) is 0 Å². The van der Waals surface area contributed by atoms with Crippen molar-refractivity contribution in [1.82, 2.24) is 15.5 Å². The fourth-order valence-electron chi connectivity index (χ4n) is 3.73. The third-order valence-corrected chi connectivity index (χ3v) is 5.07. The van der Waals surface area contributed by atoms with E-state index in [4.69, 9.17) is 0 Å². The minimum atomic E-state index is -0.354. The molecule has 3 amide bonds. The van der Waals surface area contributed by atoms with Gasteiger partial charge in [0.05, 0.1) is 6.54 Å². The molecule has 6 nitrogen and oxygen atoms in total. The average molecular weight is 367 g/mol. The van der Waals surface area contributed by atoms with Gasteiger partial charge in [0.1, 0.15) is 0 Å². The summed E-state index contributed by atoms with van der Waals surface area (Å²) in [7, 11) is 1.85. The van der Waals surface area contributed by atoms with Crippen molar-refractivity contribution < 1.29 is 9.59 Å². The van der Waals surface area contributed by atoms with Crippen LogP contribution in [0.5, 0.6) is 0 Å². The molecule has 2 bridgehead atoms.